The number of hydrogen-bond donors (Lipinski definition) is 0. The molecule has 7 heteroatoms. The van der Waals surface area contributed by atoms with Crippen molar-refractivity contribution < 1.29 is 18.3 Å². The van der Waals surface area contributed by atoms with Gasteiger partial charge in [0.2, 0.25) is 17.5 Å². The van der Waals surface area contributed by atoms with Gasteiger partial charge in [0.05, 0.1) is 26.0 Å². The Bertz CT molecular complexity index is 817. The van der Waals surface area contributed by atoms with Gasteiger partial charge in [-0.3, -0.25) is 4.40 Å². The summed E-state index contributed by atoms with van der Waals surface area (Å²) in [6.07, 6.45) is 1.53. The number of nitrogens with zero attached hydrogens (tertiary/aromatic N) is 3. The lowest BCUT2D eigenvalue weighted by atomic mass is 10.1. The Labute approximate surface area is 118 Å². The number of aromatic nitrogens is 3. The van der Waals surface area contributed by atoms with Crippen LogP contribution in [0.3, 0.4) is 0 Å². The number of fused-ring (bicyclic) bond motifs is 1. The van der Waals surface area contributed by atoms with Crippen molar-refractivity contribution in [1.29, 1.82) is 0 Å². The zero-order chi connectivity index (χ0) is 15.0. The Morgan fingerprint density at radius 2 is 1.90 bits per heavy atom. The van der Waals surface area contributed by atoms with Crippen molar-refractivity contribution in [3.8, 4) is 23.0 Å². The van der Waals surface area contributed by atoms with Gasteiger partial charge in [0.1, 0.15) is 0 Å². The molecule has 0 aliphatic carbocycles. The van der Waals surface area contributed by atoms with Crippen molar-refractivity contribution in [2.45, 2.75) is 0 Å². The number of halogens is 2. The number of hydrogen-bond acceptors (Lipinski definition) is 4. The lowest BCUT2D eigenvalue weighted by Crippen LogP contribution is -1.97. The van der Waals surface area contributed by atoms with E-state index in [0.29, 0.717) is 11.8 Å². The van der Waals surface area contributed by atoms with E-state index in [1.54, 1.807) is 6.07 Å². The van der Waals surface area contributed by atoms with Gasteiger partial charge in [-0.15, -0.1) is 0 Å². The molecular formula is C14H11F2N3O2. The first-order valence-corrected chi connectivity index (χ1v) is 6.06. The van der Waals surface area contributed by atoms with E-state index in [2.05, 4.69) is 9.97 Å². The average Bonchev–Trinajstić information content (AvgIpc) is 2.92. The van der Waals surface area contributed by atoms with Gasteiger partial charge in [-0.1, -0.05) is 6.07 Å². The maximum absolute atomic E-state index is 13.8. The topological polar surface area (TPSA) is 48.7 Å². The van der Waals surface area contributed by atoms with Crippen molar-refractivity contribution in [2.75, 3.05) is 14.2 Å². The van der Waals surface area contributed by atoms with E-state index in [9.17, 15) is 8.78 Å². The fraction of sp³-hybridized carbons (Fsp3) is 0.143. The summed E-state index contributed by atoms with van der Waals surface area (Å²) in [5.41, 5.74) is 0.313. The average molecular weight is 291 g/mol. The first kappa shape index (κ1) is 13.3. The summed E-state index contributed by atoms with van der Waals surface area (Å²) in [6.45, 7) is 0. The van der Waals surface area contributed by atoms with E-state index in [0.717, 1.165) is 6.07 Å². The first-order valence-electron chi connectivity index (χ1n) is 6.06. The largest absolute Gasteiger partial charge is 0.482 e. The predicted octanol–water partition coefficient (Wildman–Crippen LogP) is 2.69. The van der Waals surface area contributed by atoms with Crippen LogP contribution in [0.15, 0.2) is 30.5 Å². The fourth-order valence-electron chi connectivity index (χ4n) is 2.01. The highest BCUT2D eigenvalue weighted by molar-refractivity contribution is 5.63. The van der Waals surface area contributed by atoms with Crippen LogP contribution in [-0.4, -0.2) is 28.6 Å². The SMILES string of the molecule is COc1cc(OC)n2cc(-c3cccc(F)c3F)nc2n1. The molecule has 0 atom stereocenters. The van der Waals surface area contributed by atoms with Crippen LogP contribution in [0.2, 0.25) is 0 Å². The molecule has 0 bridgehead atoms. The number of imidazole rings is 1. The number of benzene rings is 1. The standard InChI is InChI=1S/C14H11F2N3O2/c1-20-11-6-12(21-2)19-7-10(17-14(19)18-11)8-4-3-5-9(15)13(8)16/h3-7H,1-2H3. The van der Waals surface area contributed by atoms with Crippen LogP contribution in [0.5, 0.6) is 11.8 Å². The highest BCUT2D eigenvalue weighted by atomic mass is 19.2. The third-order valence-electron chi connectivity index (χ3n) is 3.03. The minimum absolute atomic E-state index is 0.0570. The van der Waals surface area contributed by atoms with Gasteiger partial charge >= 0.3 is 0 Å². The normalized spacial score (nSPS) is 10.9. The van der Waals surface area contributed by atoms with Crippen LogP contribution >= 0.6 is 0 Å². The van der Waals surface area contributed by atoms with E-state index in [1.165, 1.54) is 36.9 Å². The van der Waals surface area contributed by atoms with Crippen molar-refractivity contribution in [2.24, 2.45) is 0 Å². The Kier molecular flexibility index (Phi) is 3.17. The zero-order valence-corrected chi connectivity index (χ0v) is 11.3. The van der Waals surface area contributed by atoms with Gasteiger partial charge < -0.3 is 9.47 Å². The molecule has 0 amide bonds. The molecule has 3 aromatic rings. The summed E-state index contributed by atoms with van der Waals surface area (Å²) in [7, 11) is 2.95. The summed E-state index contributed by atoms with van der Waals surface area (Å²) in [5.74, 6) is -0.873. The summed E-state index contributed by atoms with van der Waals surface area (Å²) in [5, 5.41) is 0. The van der Waals surface area contributed by atoms with E-state index >= 15 is 0 Å². The highest BCUT2D eigenvalue weighted by Gasteiger charge is 2.15. The molecule has 1 aromatic carbocycles. The lowest BCUT2D eigenvalue weighted by molar-refractivity contribution is 0.369. The molecule has 3 rings (SSSR count). The fourth-order valence-corrected chi connectivity index (χ4v) is 2.01. The summed E-state index contributed by atoms with van der Waals surface area (Å²) >= 11 is 0. The van der Waals surface area contributed by atoms with Gasteiger partial charge in [0.15, 0.2) is 11.6 Å². The molecule has 0 saturated heterocycles. The zero-order valence-electron chi connectivity index (χ0n) is 11.3. The molecule has 0 unspecified atom stereocenters. The van der Waals surface area contributed by atoms with Crippen LogP contribution in [0.4, 0.5) is 8.78 Å². The van der Waals surface area contributed by atoms with E-state index in [4.69, 9.17) is 9.47 Å². The van der Waals surface area contributed by atoms with Crippen LogP contribution in [0.1, 0.15) is 0 Å². The number of ether oxygens (including phenoxy) is 2. The van der Waals surface area contributed by atoms with Crippen molar-refractivity contribution >= 4 is 5.78 Å². The minimum Gasteiger partial charge on any atom is -0.482 e. The molecule has 0 radical (unpaired) electrons. The Balaban J connectivity index is 2.23. The molecule has 0 spiro atoms. The summed E-state index contributed by atoms with van der Waals surface area (Å²) < 4.78 is 38.9. The maximum Gasteiger partial charge on any atom is 0.240 e. The second-order valence-electron chi connectivity index (χ2n) is 4.24. The molecule has 2 heterocycles. The summed E-state index contributed by atoms with van der Waals surface area (Å²) in [6, 6.07) is 5.49. The van der Waals surface area contributed by atoms with E-state index in [1.807, 2.05) is 0 Å². The molecule has 0 fully saturated rings. The third-order valence-corrected chi connectivity index (χ3v) is 3.03. The van der Waals surface area contributed by atoms with Crippen molar-refractivity contribution in [3.63, 3.8) is 0 Å². The molecule has 0 aliphatic rings. The molecule has 2 aromatic heterocycles. The molecule has 0 N–H and O–H groups in total. The van der Waals surface area contributed by atoms with Crippen molar-refractivity contribution in [3.05, 3.63) is 42.1 Å². The highest BCUT2D eigenvalue weighted by Crippen LogP contribution is 2.27. The monoisotopic (exact) mass is 291 g/mol. The molecule has 21 heavy (non-hydrogen) atoms. The summed E-state index contributed by atoms with van der Waals surface area (Å²) in [4.78, 5) is 8.32. The number of methoxy groups -OCH3 is 2. The molecule has 5 nitrogen and oxygen atoms in total. The van der Waals surface area contributed by atoms with E-state index in [-0.39, 0.29) is 17.0 Å². The third kappa shape index (κ3) is 2.16. The Morgan fingerprint density at radius 1 is 1.10 bits per heavy atom. The second kappa shape index (κ2) is 5.01. The maximum atomic E-state index is 13.8. The smallest absolute Gasteiger partial charge is 0.240 e. The minimum atomic E-state index is -0.952. The molecule has 0 saturated carbocycles. The first-order chi connectivity index (χ1) is 10.1. The van der Waals surface area contributed by atoms with Gasteiger partial charge in [-0.05, 0) is 12.1 Å². The van der Waals surface area contributed by atoms with Gasteiger partial charge in [-0.2, -0.15) is 4.98 Å². The van der Waals surface area contributed by atoms with Gasteiger partial charge in [0, 0.05) is 11.8 Å². The Morgan fingerprint density at radius 3 is 2.62 bits per heavy atom. The lowest BCUT2D eigenvalue weighted by Gasteiger charge is -2.04. The van der Waals surface area contributed by atoms with Crippen LogP contribution in [-0.2, 0) is 0 Å². The van der Waals surface area contributed by atoms with Gasteiger partial charge in [0.25, 0.3) is 0 Å². The Hall–Kier alpha value is -2.70. The molecular weight excluding hydrogens is 280 g/mol. The van der Waals surface area contributed by atoms with Crippen molar-refractivity contribution in [1.82, 2.24) is 14.4 Å². The van der Waals surface area contributed by atoms with Gasteiger partial charge in [-0.25, -0.2) is 13.8 Å². The quantitative estimate of drug-likeness (QED) is 0.744. The second-order valence-corrected chi connectivity index (χ2v) is 4.24. The van der Waals surface area contributed by atoms with Crippen LogP contribution < -0.4 is 9.47 Å². The molecule has 0 aliphatic heterocycles. The predicted molar refractivity (Wildman–Crippen MR) is 71.4 cm³/mol. The van der Waals surface area contributed by atoms with Crippen LogP contribution in [0.25, 0.3) is 17.0 Å². The molecule has 108 valence electrons. The van der Waals surface area contributed by atoms with E-state index < -0.39 is 11.6 Å². The number of rotatable bonds is 3. The van der Waals surface area contributed by atoms with Crippen LogP contribution in [0, 0.1) is 11.6 Å².